The number of Topliss-reactive ketones (excluding diaryl/α,β-unsaturated/α-hetero) is 1. The van der Waals surface area contributed by atoms with Gasteiger partial charge in [0, 0.05) is 6.07 Å². The molecule has 0 amide bonds. The first-order valence-electron chi connectivity index (χ1n) is 9.76. The van der Waals surface area contributed by atoms with Crippen LogP contribution in [0.3, 0.4) is 0 Å². The van der Waals surface area contributed by atoms with Crippen molar-refractivity contribution < 1.29 is 50.1 Å². The summed E-state index contributed by atoms with van der Waals surface area (Å²) in [6.07, 6.45) is 1.33. The van der Waals surface area contributed by atoms with Gasteiger partial charge in [0.2, 0.25) is 34.9 Å². The maximum atomic E-state index is 13.7. The van der Waals surface area contributed by atoms with E-state index in [1.54, 1.807) is 6.07 Å². The van der Waals surface area contributed by atoms with Crippen molar-refractivity contribution in [1.29, 1.82) is 0 Å². The Morgan fingerprint density at radius 2 is 1.60 bits per heavy atom. The van der Waals surface area contributed by atoms with E-state index < -0.39 is 59.0 Å². The predicted octanol–water partition coefficient (Wildman–Crippen LogP) is 5.43. The van der Waals surface area contributed by atoms with Crippen LogP contribution in [-0.2, 0) is 4.79 Å². The molecule has 0 unspecified atom stereocenters. The maximum Gasteiger partial charge on any atom is 0.349 e. The van der Waals surface area contributed by atoms with Gasteiger partial charge in [-0.25, -0.2) is 22.4 Å². The van der Waals surface area contributed by atoms with E-state index in [4.69, 9.17) is 9.47 Å². The SMILES string of the molecule is Cc1cc(OC(=O)COc2c(F)c(F)c(F)c(F)c2F)cc2c1C(=O)/C(=C/c1cccc(F)c1)O2. The molecule has 11 heteroatoms. The van der Waals surface area contributed by atoms with Crippen LogP contribution in [0.5, 0.6) is 17.2 Å². The van der Waals surface area contributed by atoms with E-state index in [9.17, 15) is 35.9 Å². The summed E-state index contributed by atoms with van der Waals surface area (Å²) in [7, 11) is 0. The van der Waals surface area contributed by atoms with E-state index in [0.29, 0.717) is 11.1 Å². The normalized spacial score (nSPS) is 13.6. The number of ketones is 1. The largest absolute Gasteiger partial charge is 0.476 e. The molecular weight excluding hydrogens is 482 g/mol. The topological polar surface area (TPSA) is 61.8 Å². The lowest BCUT2D eigenvalue weighted by Gasteiger charge is -2.11. The zero-order valence-corrected chi connectivity index (χ0v) is 17.6. The van der Waals surface area contributed by atoms with Gasteiger partial charge < -0.3 is 14.2 Å². The Morgan fingerprint density at radius 1 is 0.943 bits per heavy atom. The first-order chi connectivity index (χ1) is 16.6. The standard InChI is InChI=1S/C24H12F6O5/c1-10-5-13(34-16(31)9-33-24-21(29)19(27)18(26)20(28)22(24)30)8-14-17(10)23(32)15(35-14)7-11-3-2-4-12(25)6-11/h2-8H,9H2,1H3/b15-7-. The van der Waals surface area contributed by atoms with Crippen molar-refractivity contribution in [3.8, 4) is 17.2 Å². The molecule has 0 N–H and O–H groups in total. The zero-order valence-electron chi connectivity index (χ0n) is 17.6. The summed E-state index contributed by atoms with van der Waals surface area (Å²) >= 11 is 0. The van der Waals surface area contributed by atoms with E-state index in [1.807, 2.05) is 0 Å². The molecule has 35 heavy (non-hydrogen) atoms. The number of hydrogen-bond acceptors (Lipinski definition) is 5. The van der Waals surface area contributed by atoms with Gasteiger partial charge in [-0.15, -0.1) is 0 Å². The van der Waals surface area contributed by atoms with Gasteiger partial charge in [-0.3, -0.25) is 4.79 Å². The summed E-state index contributed by atoms with van der Waals surface area (Å²) in [5, 5.41) is 0. The van der Waals surface area contributed by atoms with Crippen molar-refractivity contribution >= 4 is 17.8 Å². The molecule has 3 aromatic carbocycles. The highest BCUT2D eigenvalue weighted by atomic mass is 19.2. The van der Waals surface area contributed by atoms with E-state index in [0.717, 1.165) is 0 Å². The first-order valence-corrected chi connectivity index (χ1v) is 9.76. The van der Waals surface area contributed by atoms with Crippen LogP contribution < -0.4 is 14.2 Å². The molecule has 4 rings (SSSR count). The van der Waals surface area contributed by atoms with E-state index in [2.05, 4.69) is 4.74 Å². The second kappa shape index (κ2) is 9.16. The molecule has 180 valence electrons. The number of fused-ring (bicyclic) bond motifs is 1. The van der Waals surface area contributed by atoms with Crippen molar-refractivity contribution in [1.82, 2.24) is 0 Å². The third-order valence-corrected chi connectivity index (χ3v) is 4.83. The average Bonchev–Trinajstić information content (AvgIpc) is 3.11. The Hall–Kier alpha value is -4.28. The summed E-state index contributed by atoms with van der Waals surface area (Å²) in [5.41, 5.74) is 0.888. The molecule has 3 aromatic rings. The van der Waals surface area contributed by atoms with Crippen LogP contribution in [0.2, 0.25) is 0 Å². The van der Waals surface area contributed by atoms with E-state index in [1.165, 1.54) is 43.3 Å². The van der Waals surface area contributed by atoms with Gasteiger partial charge in [0.1, 0.15) is 17.3 Å². The van der Waals surface area contributed by atoms with Gasteiger partial charge in [-0.2, -0.15) is 8.78 Å². The zero-order chi connectivity index (χ0) is 25.4. The lowest BCUT2D eigenvalue weighted by molar-refractivity contribution is -0.136. The molecule has 0 fully saturated rings. The summed E-state index contributed by atoms with van der Waals surface area (Å²) in [5.74, 6) is -15.4. The Balaban J connectivity index is 1.50. The minimum absolute atomic E-state index is 0.0288. The van der Waals surface area contributed by atoms with E-state index in [-0.39, 0.29) is 22.8 Å². The molecule has 0 radical (unpaired) electrons. The van der Waals surface area contributed by atoms with Crippen molar-refractivity contribution in [2.24, 2.45) is 0 Å². The summed E-state index contributed by atoms with van der Waals surface area (Å²) in [6.45, 7) is 0.326. The van der Waals surface area contributed by atoms with Crippen molar-refractivity contribution in [3.63, 3.8) is 0 Å². The minimum atomic E-state index is -2.37. The fraction of sp³-hybridized carbons (Fsp3) is 0.0833. The number of ether oxygens (including phenoxy) is 3. The number of halogens is 6. The minimum Gasteiger partial charge on any atom is -0.476 e. The molecule has 0 bridgehead atoms. The number of aryl methyl sites for hydroxylation is 1. The third kappa shape index (κ3) is 4.57. The lowest BCUT2D eigenvalue weighted by atomic mass is 10.0. The molecule has 0 spiro atoms. The van der Waals surface area contributed by atoms with Gasteiger partial charge in [0.05, 0.1) is 5.56 Å². The molecule has 0 atom stereocenters. The Morgan fingerprint density at radius 3 is 2.26 bits per heavy atom. The predicted molar refractivity (Wildman–Crippen MR) is 108 cm³/mol. The van der Waals surface area contributed by atoms with Crippen LogP contribution in [0.25, 0.3) is 6.08 Å². The fourth-order valence-electron chi connectivity index (χ4n) is 3.29. The molecule has 1 heterocycles. The second-order valence-corrected chi connectivity index (χ2v) is 7.27. The van der Waals surface area contributed by atoms with Crippen LogP contribution in [0.1, 0.15) is 21.5 Å². The molecule has 0 saturated heterocycles. The second-order valence-electron chi connectivity index (χ2n) is 7.27. The van der Waals surface area contributed by atoms with Gasteiger partial charge in [-0.1, -0.05) is 12.1 Å². The Labute approximate surface area is 193 Å². The highest BCUT2D eigenvalue weighted by Crippen LogP contribution is 2.37. The third-order valence-electron chi connectivity index (χ3n) is 4.83. The highest BCUT2D eigenvalue weighted by Gasteiger charge is 2.31. The van der Waals surface area contributed by atoms with Crippen molar-refractivity contribution in [3.05, 3.63) is 93.8 Å². The molecule has 0 aromatic heterocycles. The molecular formula is C24H12F6O5. The molecule has 5 nitrogen and oxygen atoms in total. The molecule has 1 aliphatic heterocycles. The number of rotatable bonds is 5. The lowest BCUT2D eigenvalue weighted by Crippen LogP contribution is -2.19. The summed E-state index contributed by atoms with van der Waals surface area (Å²) in [4.78, 5) is 24.7. The summed E-state index contributed by atoms with van der Waals surface area (Å²) < 4.78 is 95.3. The number of esters is 1. The van der Waals surface area contributed by atoms with Crippen molar-refractivity contribution in [2.45, 2.75) is 6.92 Å². The van der Waals surface area contributed by atoms with Crippen LogP contribution in [0.4, 0.5) is 26.3 Å². The van der Waals surface area contributed by atoms with Gasteiger partial charge in [-0.05, 0) is 42.3 Å². The first kappa shape index (κ1) is 23.9. The Kier molecular flexibility index (Phi) is 6.25. The number of benzene rings is 3. The fourth-order valence-corrected chi connectivity index (χ4v) is 3.29. The Bertz CT molecular complexity index is 1390. The van der Waals surface area contributed by atoms with Crippen LogP contribution in [0.15, 0.2) is 42.2 Å². The van der Waals surface area contributed by atoms with Crippen LogP contribution >= 0.6 is 0 Å². The summed E-state index contributed by atoms with van der Waals surface area (Å²) in [6, 6.07) is 7.90. The van der Waals surface area contributed by atoms with Gasteiger partial charge >= 0.3 is 5.97 Å². The van der Waals surface area contributed by atoms with Crippen molar-refractivity contribution in [2.75, 3.05) is 6.61 Å². The van der Waals surface area contributed by atoms with E-state index >= 15 is 0 Å². The maximum absolute atomic E-state index is 13.7. The van der Waals surface area contributed by atoms with Crippen LogP contribution in [0, 0.1) is 41.8 Å². The number of carbonyl (C=O) groups is 2. The number of allylic oxidation sites excluding steroid dienone is 1. The highest BCUT2D eigenvalue weighted by molar-refractivity contribution is 6.15. The van der Waals surface area contributed by atoms with Crippen LogP contribution in [-0.4, -0.2) is 18.4 Å². The number of hydrogen-bond donors (Lipinski definition) is 0. The molecule has 0 saturated carbocycles. The quantitative estimate of drug-likeness (QED) is 0.118. The van der Waals surface area contributed by atoms with Gasteiger partial charge in [0.15, 0.2) is 18.1 Å². The van der Waals surface area contributed by atoms with Gasteiger partial charge in [0.25, 0.3) is 0 Å². The monoisotopic (exact) mass is 494 g/mol. The number of carbonyl (C=O) groups excluding carboxylic acids is 2. The average molecular weight is 494 g/mol. The molecule has 0 aliphatic carbocycles. The smallest absolute Gasteiger partial charge is 0.349 e. The molecule has 1 aliphatic rings.